The van der Waals surface area contributed by atoms with Crippen LogP contribution in [0.25, 0.3) is 0 Å². The van der Waals surface area contributed by atoms with Crippen LogP contribution in [0, 0.1) is 0 Å². The van der Waals surface area contributed by atoms with Crippen LogP contribution >= 0.6 is 7.60 Å². The highest BCUT2D eigenvalue weighted by molar-refractivity contribution is 7.51. The smallest absolute Gasteiger partial charge is 0.193 e. The number of allylic oxidation sites excluding steroid dienone is 4. The number of hydrogen-bond acceptors (Lipinski definition) is 7. The SMILES string of the molecule is CCCCCC/C=C\CCCC/C=C\CCCCOC[C@@H](O)COP(=O)([O-])C(CC)[N+](C)(C)CCC(O)O. The lowest BCUT2D eigenvalue weighted by Crippen LogP contribution is -2.51. The molecular weight excluding hydrogens is 505 g/mol. The minimum atomic E-state index is -4.28. The van der Waals surface area contributed by atoms with Crippen molar-refractivity contribution in [2.75, 3.05) is 40.5 Å². The van der Waals surface area contributed by atoms with Gasteiger partial charge < -0.3 is 38.5 Å². The molecule has 8 nitrogen and oxygen atoms in total. The summed E-state index contributed by atoms with van der Waals surface area (Å²) >= 11 is 0. The molecule has 0 amide bonds. The Hall–Kier alpha value is -0.570. The average Bonchev–Trinajstić information content (AvgIpc) is 2.85. The number of aliphatic hydroxyl groups excluding tert-OH is 2. The van der Waals surface area contributed by atoms with Crippen LogP contribution in [-0.2, 0) is 13.8 Å². The van der Waals surface area contributed by atoms with Crippen molar-refractivity contribution in [1.82, 2.24) is 0 Å². The highest BCUT2D eigenvalue weighted by Crippen LogP contribution is 2.48. The number of hydrogen-bond donors (Lipinski definition) is 3. The molecule has 0 aliphatic carbocycles. The van der Waals surface area contributed by atoms with E-state index in [9.17, 15) is 14.6 Å². The molecule has 0 aromatic rings. The summed E-state index contributed by atoms with van der Waals surface area (Å²) in [5, 5.41) is 28.3. The van der Waals surface area contributed by atoms with Crippen LogP contribution in [0.2, 0.25) is 0 Å². The largest absolute Gasteiger partial charge is 0.774 e. The quantitative estimate of drug-likeness (QED) is 0.0432. The zero-order valence-corrected chi connectivity index (χ0v) is 25.5. The van der Waals surface area contributed by atoms with Gasteiger partial charge in [-0.15, -0.1) is 0 Å². The first-order chi connectivity index (χ1) is 18.1. The van der Waals surface area contributed by atoms with Crippen molar-refractivity contribution in [1.29, 1.82) is 0 Å². The maximum absolute atomic E-state index is 12.7. The molecule has 9 heteroatoms. The second-order valence-corrected chi connectivity index (χ2v) is 12.7. The predicted octanol–water partition coefficient (Wildman–Crippen LogP) is 5.26. The summed E-state index contributed by atoms with van der Waals surface area (Å²) in [5.74, 6) is -0.843. The van der Waals surface area contributed by atoms with E-state index in [0.29, 0.717) is 13.0 Å². The Kier molecular flexibility index (Phi) is 22.8. The van der Waals surface area contributed by atoms with Gasteiger partial charge in [0, 0.05) is 19.4 Å². The van der Waals surface area contributed by atoms with Gasteiger partial charge in [0.2, 0.25) is 0 Å². The first kappa shape index (κ1) is 37.4. The number of aliphatic hydroxyl groups is 3. The molecule has 2 unspecified atom stereocenters. The molecule has 0 aliphatic rings. The van der Waals surface area contributed by atoms with Gasteiger partial charge in [-0.3, -0.25) is 0 Å². The lowest BCUT2D eigenvalue weighted by Gasteiger charge is -2.43. The Morgan fingerprint density at radius 3 is 1.84 bits per heavy atom. The van der Waals surface area contributed by atoms with Crippen LogP contribution in [0.5, 0.6) is 0 Å². The molecule has 38 heavy (non-hydrogen) atoms. The standard InChI is InChI=1S/C29H58NO7P/c1-5-7-8-9-10-11-12-13-14-15-16-17-18-19-20-21-24-36-25-27(31)26-37-38(34,35)28(6-2)30(3,4)23-22-29(32)33/h11-12,17-18,27-29,31-33H,5-10,13-16,19-26H2,1-4H3/b12-11-,18-17-/t27-,28?/m1/s1. The molecule has 0 heterocycles. The molecular formula is C29H58NO7P. The molecule has 0 bridgehead atoms. The number of nitrogens with zero attached hydrogens (tertiary/aromatic N) is 1. The second-order valence-electron chi connectivity index (χ2n) is 10.8. The zero-order chi connectivity index (χ0) is 28.7. The van der Waals surface area contributed by atoms with Crippen LogP contribution < -0.4 is 4.89 Å². The fraction of sp³-hybridized carbons (Fsp3) is 0.862. The summed E-state index contributed by atoms with van der Waals surface area (Å²) in [5.41, 5.74) is 0. The van der Waals surface area contributed by atoms with E-state index >= 15 is 0 Å². The third-order valence-corrected chi connectivity index (χ3v) is 8.95. The van der Waals surface area contributed by atoms with Crippen molar-refractivity contribution in [3.8, 4) is 0 Å². The summed E-state index contributed by atoms with van der Waals surface area (Å²) in [6.45, 7) is 4.44. The zero-order valence-electron chi connectivity index (χ0n) is 24.6. The summed E-state index contributed by atoms with van der Waals surface area (Å²) in [6, 6.07) is 0. The Morgan fingerprint density at radius 1 is 0.816 bits per heavy atom. The Balaban J connectivity index is 3.86. The highest BCUT2D eigenvalue weighted by Gasteiger charge is 2.37. The minimum Gasteiger partial charge on any atom is -0.774 e. The van der Waals surface area contributed by atoms with Crippen LogP contribution in [0.15, 0.2) is 24.3 Å². The number of rotatable bonds is 26. The molecule has 3 atom stereocenters. The van der Waals surface area contributed by atoms with E-state index in [2.05, 4.69) is 31.2 Å². The minimum absolute atomic E-state index is 0.0226. The van der Waals surface area contributed by atoms with Crippen LogP contribution in [-0.4, -0.2) is 78.4 Å². The molecule has 0 aromatic carbocycles. The van der Waals surface area contributed by atoms with Gasteiger partial charge in [-0.2, -0.15) is 0 Å². The fourth-order valence-corrected chi connectivity index (χ4v) is 6.27. The van der Waals surface area contributed by atoms with Crippen molar-refractivity contribution in [2.45, 2.75) is 122 Å². The monoisotopic (exact) mass is 563 g/mol. The van der Waals surface area contributed by atoms with Crippen molar-refractivity contribution >= 4 is 7.60 Å². The molecule has 0 radical (unpaired) electrons. The van der Waals surface area contributed by atoms with E-state index in [1.807, 2.05) is 0 Å². The molecule has 0 spiro atoms. The van der Waals surface area contributed by atoms with E-state index < -0.39 is 25.8 Å². The van der Waals surface area contributed by atoms with Crippen molar-refractivity contribution in [2.24, 2.45) is 0 Å². The van der Waals surface area contributed by atoms with Gasteiger partial charge >= 0.3 is 0 Å². The Morgan fingerprint density at radius 2 is 1.34 bits per heavy atom. The van der Waals surface area contributed by atoms with Gasteiger partial charge in [0.1, 0.15) is 6.10 Å². The summed E-state index contributed by atoms with van der Waals surface area (Å²) in [6.07, 6.45) is 21.2. The molecule has 3 N–H and O–H groups in total. The van der Waals surface area contributed by atoms with Crippen molar-refractivity contribution in [3.63, 3.8) is 0 Å². The number of ether oxygens (including phenoxy) is 1. The molecule has 0 aromatic heterocycles. The molecule has 0 aliphatic heterocycles. The van der Waals surface area contributed by atoms with Crippen LogP contribution in [0.4, 0.5) is 0 Å². The lowest BCUT2D eigenvalue weighted by atomic mass is 10.1. The normalized spacial score (nSPS) is 16.0. The van der Waals surface area contributed by atoms with Crippen molar-refractivity contribution < 1.29 is 38.5 Å². The van der Waals surface area contributed by atoms with E-state index in [1.165, 1.54) is 51.4 Å². The average molecular weight is 564 g/mol. The topological polar surface area (TPSA) is 119 Å². The maximum Gasteiger partial charge on any atom is 0.193 e. The van der Waals surface area contributed by atoms with Gasteiger partial charge in [0.05, 0.1) is 33.9 Å². The van der Waals surface area contributed by atoms with E-state index in [1.54, 1.807) is 21.0 Å². The Labute approximate surface area is 232 Å². The predicted molar refractivity (Wildman–Crippen MR) is 154 cm³/mol. The highest BCUT2D eigenvalue weighted by atomic mass is 31.2. The van der Waals surface area contributed by atoms with E-state index in [0.717, 1.165) is 25.7 Å². The molecule has 0 saturated heterocycles. The molecule has 226 valence electrons. The number of quaternary nitrogens is 1. The van der Waals surface area contributed by atoms with Gasteiger partial charge in [-0.1, -0.05) is 57.4 Å². The summed E-state index contributed by atoms with van der Waals surface area (Å²) in [7, 11) is -0.850. The molecule has 0 rings (SSSR count). The van der Waals surface area contributed by atoms with Gasteiger partial charge in [-0.05, 0) is 57.8 Å². The van der Waals surface area contributed by atoms with E-state index in [-0.39, 0.29) is 30.7 Å². The molecule has 0 fully saturated rings. The summed E-state index contributed by atoms with van der Waals surface area (Å²) < 4.78 is 23.4. The van der Waals surface area contributed by atoms with Gasteiger partial charge in [-0.25, -0.2) is 0 Å². The fourth-order valence-electron chi connectivity index (χ4n) is 4.39. The van der Waals surface area contributed by atoms with E-state index in [4.69, 9.17) is 19.5 Å². The second kappa shape index (κ2) is 23.2. The third-order valence-electron chi connectivity index (χ3n) is 6.72. The lowest BCUT2D eigenvalue weighted by molar-refractivity contribution is -0.904. The van der Waals surface area contributed by atoms with Crippen molar-refractivity contribution in [3.05, 3.63) is 24.3 Å². The summed E-state index contributed by atoms with van der Waals surface area (Å²) in [4.78, 5) is 12.7. The molecule has 0 saturated carbocycles. The third kappa shape index (κ3) is 20.3. The van der Waals surface area contributed by atoms with Crippen LogP contribution in [0.1, 0.15) is 104 Å². The van der Waals surface area contributed by atoms with Gasteiger partial charge in [0.25, 0.3) is 0 Å². The first-order valence-corrected chi connectivity index (χ1v) is 16.4. The number of unbranched alkanes of at least 4 members (excludes halogenated alkanes) is 9. The first-order valence-electron chi connectivity index (χ1n) is 14.8. The maximum atomic E-state index is 12.7. The van der Waals surface area contributed by atoms with Crippen LogP contribution in [0.3, 0.4) is 0 Å². The van der Waals surface area contributed by atoms with Gasteiger partial charge in [0.15, 0.2) is 19.7 Å². The Bertz CT molecular complexity index is 655.